The monoisotopic (exact) mass is 224 g/mol. The van der Waals surface area contributed by atoms with Crippen LogP contribution in [0.3, 0.4) is 0 Å². The van der Waals surface area contributed by atoms with E-state index in [1.165, 1.54) is 6.20 Å². The summed E-state index contributed by atoms with van der Waals surface area (Å²) in [4.78, 5) is 36.1. The summed E-state index contributed by atoms with van der Waals surface area (Å²) in [5.41, 5.74) is -0.687. The molecule has 0 saturated heterocycles. The molecule has 1 aromatic heterocycles. The van der Waals surface area contributed by atoms with Crippen molar-refractivity contribution in [2.75, 3.05) is 6.61 Å². The fourth-order valence-electron chi connectivity index (χ4n) is 1.04. The van der Waals surface area contributed by atoms with E-state index in [1.54, 1.807) is 13.8 Å². The van der Waals surface area contributed by atoms with E-state index in [0.717, 1.165) is 16.8 Å². The van der Waals surface area contributed by atoms with Crippen LogP contribution in [0.25, 0.3) is 6.20 Å². The fourth-order valence-corrected chi connectivity index (χ4v) is 1.04. The lowest BCUT2D eigenvalue weighted by Gasteiger charge is -1.98. The Kier molecular flexibility index (Phi) is 3.82. The summed E-state index contributed by atoms with van der Waals surface area (Å²) < 4.78 is 5.43. The molecule has 0 aliphatic carbocycles. The molecule has 0 aromatic carbocycles. The third-order valence-corrected chi connectivity index (χ3v) is 1.83. The number of nitrogens with one attached hydrogen (secondary N) is 1. The number of ether oxygens (including phenoxy) is 1. The van der Waals surface area contributed by atoms with Crippen molar-refractivity contribution >= 4 is 12.2 Å². The Hall–Kier alpha value is -2.11. The highest BCUT2D eigenvalue weighted by molar-refractivity contribution is 5.84. The van der Waals surface area contributed by atoms with Gasteiger partial charge in [0, 0.05) is 24.0 Å². The highest BCUT2D eigenvalue weighted by Gasteiger charge is 2.01. The predicted molar refractivity (Wildman–Crippen MR) is 58.0 cm³/mol. The van der Waals surface area contributed by atoms with Gasteiger partial charge in [-0.1, -0.05) is 0 Å². The van der Waals surface area contributed by atoms with Crippen molar-refractivity contribution < 1.29 is 9.53 Å². The molecule has 0 saturated carbocycles. The molecule has 6 heteroatoms. The Morgan fingerprint density at radius 1 is 1.56 bits per heavy atom. The van der Waals surface area contributed by atoms with Gasteiger partial charge in [0.1, 0.15) is 0 Å². The maximum Gasteiger partial charge on any atom is 0.332 e. The number of aromatic nitrogens is 2. The molecule has 0 bridgehead atoms. The molecule has 6 nitrogen and oxygen atoms in total. The van der Waals surface area contributed by atoms with Gasteiger partial charge >= 0.3 is 11.7 Å². The van der Waals surface area contributed by atoms with Crippen LogP contribution in [0.4, 0.5) is 0 Å². The second-order valence-electron chi connectivity index (χ2n) is 3.02. The van der Waals surface area contributed by atoms with Gasteiger partial charge in [-0.25, -0.2) is 14.2 Å². The summed E-state index contributed by atoms with van der Waals surface area (Å²) in [6.45, 7) is 3.46. The maximum atomic E-state index is 11.5. The molecule has 0 unspecified atom stereocenters. The van der Waals surface area contributed by atoms with Gasteiger partial charge in [0.15, 0.2) is 0 Å². The quantitative estimate of drug-likeness (QED) is 0.573. The Labute approximate surface area is 91.2 Å². The lowest BCUT2D eigenvalue weighted by Crippen LogP contribution is -2.32. The average molecular weight is 224 g/mol. The first-order valence-electron chi connectivity index (χ1n) is 4.72. The number of aryl methyl sites for hydroxylation is 1. The van der Waals surface area contributed by atoms with Gasteiger partial charge in [0.2, 0.25) is 0 Å². The molecule has 1 rings (SSSR count). The summed E-state index contributed by atoms with van der Waals surface area (Å²) in [6, 6.07) is 0. The summed E-state index contributed by atoms with van der Waals surface area (Å²) in [6.07, 6.45) is 3.44. The number of rotatable bonds is 3. The first-order valence-corrected chi connectivity index (χ1v) is 4.72. The van der Waals surface area contributed by atoms with Gasteiger partial charge in [0.25, 0.3) is 5.56 Å². The number of nitrogens with zero attached hydrogens (tertiary/aromatic N) is 1. The summed E-state index contributed by atoms with van der Waals surface area (Å²) in [7, 11) is 0. The maximum absolute atomic E-state index is 11.5. The second kappa shape index (κ2) is 5.11. The van der Waals surface area contributed by atoms with E-state index in [2.05, 4.69) is 9.72 Å². The van der Waals surface area contributed by atoms with E-state index in [0.29, 0.717) is 5.56 Å². The molecule has 0 radical (unpaired) electrons. The van der Waals surface area contributed by atoms with Crippen molar-refractivity contribution in [1.29, 1.82) is 0 Å². The van der Waals surface area contributed by atoms with Crippen LogP contribution in [0.15, 0.2) is 21.9 Å². The molecule has 0 aliphatic heterocycles. The first kappa shape index (κ1) is 12.0. The molecule has 1 heterocycles. The standard InChI is InChI=1S/C10H12N2O4/c1-3-16-8(13)4-5-12-9(14)7(2)6-11-10(12)15/h4-6H,3H2,1-2H3,(H,11,15)/b5-4+. The minimum Gasteiger partial charge on any atom is -0.463 e. The van der Waals surface area contributed by atoms with Crippen molar-refractivity contribution in [3.05, 3.63) is 38.7 Å². The molecular formula is C10H12N2O4. The van der Waals surface area contributed by atoms with Gasteiger partial charge in [-0.3, -0.25) is 4.79 Å². The predicted octanol–water partition coefficient (Wildman–Crippen LogP) is -0.121. The van der Waals surface area contributed by atoms with Crippen LogP contribution in [-0.2, 0) is 9.53 Å². The lowest BCUT2D eigenvalue weighted by atomic mass is 10.4. The van der Waals surface area contributed by atoms with Crippen LogP contribution in [-0.4, -0.2) is 22.1 Å². The van der Waals surface area contributed by atoms with Crippen LogP contribution >= 0.6 is 0 Å². The molecule has 16 heavy (non-hydrogen) atoms. The lowest BCUT2D eigenvalue weighted by molar-refractivity contribution is -0.137. The number of aromatic amines is 1. The molecule has 1 aromatic rings. The molecule has 0 spiro atoms. The number of carbonyl (C=O) groups is 1. The van der Waals surface area contributed by atoms with Crippen molar-refractivity contribution in [3.63, 3.8) is 0 Å². The molecule has 1 N–H and O–H groups in total. The zero-order valence-electron chi connectivity index (χ0n) is 9.02. The molecular weight excluding hydrogens is 212 g/mol. The number of esters is 1. The highest BCUT2D eigenvalue weighted by atomic mass is 16.5. The van der Waals surface area contributed by atoms with Crippen LogP contribution in [0, 0.1) is 6.92 Å². The Morgan fingerprint density at radius 2 is 2.25 bits per heavy atom. The van der Waals surface area contributed by atoms with E-state index in [-0.39, 0.29) is 6.61 Å². The number of carbonyl (C=O) groups excluding carboxylic acids is 1. The van der Waals surface area contributed by atoms with E-state index in [1.807, 2.05) is 0 Å². The van der Waals surface area contributed by atoms with Gasteiger partial charge in [0.05, 0.1) is 6.61 Å². The first-order chi connectivity index (χ1) is 7.56. The molecule has 0 fully saturated rings. The molecule has 0 aliphatic rings. The van der Waals surface area contributed by atoms with Gasteiger partial charge in [-0.15, -0.1) is 0 Å². The average Bonchev–Trinajstić information content (AvgIpc) is 2.24. The van der Waals surface area contributed by atoms with Crippen LogP contribution in [0.2, 0.25) is 0 Å². The van der Waals surface area contributed by atoms with Crippen molar-refractivity contribution in [2.45, 2.75) is 13.8 Å². The van der Waals surface area contributed by atoms with Crippen molar-refractivity contribution in [2.24, 2.45) is 0 Å². The molecule has 86 valence electrons. The zero-order chi connectivity index (χ0) is 12.1. The van der Waals surface area contributed by atoms with Crippen LogP contribution in [0.1, 0.15) is 12.5 Å². The molecule has 0 amide bonds. The Balaban J connectivity index is 3.07. The fraction of sp³-hybridized carbons (Fsp3) is 0.300. The van der Waals surface area contributed by atoms with Crippen molar-refractivity contribution in [1.82, 2.24) is 9.55 Å². The number of hydrogen-bond acceptors (Lipinski definition) is 4. The zero-order valence-corrected chi connectivity index (χ0v) is 9.02. The third-order valence-electron chi connectivity index (χ3n) is 1.83. The summed E-state index contributed by atoms with van der Waals surface area (Å²) >= 11 is 0. The van der Waals surface area contributed by atoms with Crippen LogP contribution in [0.5, 0.6) is 0 Å². The number of H-pyrrole nitrogens is 1. The van der Waals surface area contributed by atoms with Gasteiger partial charge in [-0.2, -0.15) is 0 Å². The minimum atomic E-state index is -0.602. The minimum absolute atomic E-state index is 0.238. The molecule has 0 atom stereocenters. The van der Waals surface area contributed by atoms with Crippen LogP contribution < -0.4 is 11.2 Å². The summed E-state index contributed by atoms with van der Waals surface area (Å²) in [5, 5.41) is 0. The van der Waals surface area contributed by atoms with Crippen molar-refractivity contribution in [3.8, 4) is 0 Å². The Bertz CT molecular complexity index is 524. The largest absolute Gasteiger partial charge is 0.463 e. The van der Waals surface area contributed by atoms with E-state index in [4.69, 9.17) is 0 Å². The number of hydrogen-bond donors (Lipinski definition) is 1. The van der Waals surface area contributed by atoms with E-state index < -0.39 is 17.2 Å². The Morgan fingerprint density at radius 3 is 2.88 bits per heavy atom. The smallest absolute Gasteiger partial charge is 0.332 e. The van der Waals surface area contributed by atoms with Gasteiger partial charge < -0.3 is 9.72 Å². The second-order valence-corrected chi connectivity index (χ2v) is 3.02. The van der Waals surface area contributed by atoms with Gasteiger partial charge in [-0.05, 0) is 13.8 Å². The topological polar surface area (TPSA) is 81.2 Å². The third kappa shape index (κ3) is 2.69. The van der Waals surface area contributed by atoms with E-state index >= 15 is 0 Å². The SMILES string of the molecule is CCOC(=O)/C=C/n1c(=O)[nH]cc(C)c1=O. The normalized spacial score (nSPS) is 10.6. The van der Waals surface area contributed by atoms with E-state index in [9.17, 15) is 14.4 Å². The highest BCUT2D eigenvalue weighted by Crippen LogP contribution is 1.84. The summed E-state index contributed by atoms with van der Waals surface area (Å²) in [5.74, 6) is -0.602.